The summed E-state index contributed by atoms with van der Waals surface area (Å²) >= 11 is 0. The fraction of sp³-hybridized carbons (Fsp3) is 0.211. The highest BCUT2D eigenvalue weighted by molar-refractivity contribution is 5.83. The normalized spacial score (nSPS) is 10.6. The van der Waals surface area contributed by atoms with Crippen LogP contribution in [0.1, 0.15) is 17.5 Å². The van der Waals surface area contributed by atoms with Gasteiger partial charge in [0.2, 0.25) is 5.91 Å². The lowest BCUT2D eigenvalue weighted by Crippen LogP contribution is -2.20. The van der Waals surface area contributed by atoms with Crippen LogP contribution in [-0.4, -0.2) is 42.0 Å². The lowest BCUT2D eigenvalue weighted by atomic mass is 10.1. The van der Waals surface area contributed by atoms with Crippen molar-refractivity contribution < 1.29 is 29.3 Å². The lowest BCUT2D eigenvalue weighted by Gasteiger charge is -2.09. The number of nitrogens with two attached hydrogens (primary N) is 1. The molecular formula is C19H21N3O6. The van der Waals surface area contributed by atoms with E-state index < -0.39 is 5.91 Å². The van der Waals surface area contributed by atoms with E-state index in [2.05, 4.69) is 10.5 Å². The van der Waals surface area contributed by atoms with Crippen molar-refractivity contribution in [3.05, 3.63) is 47.5 Å². The van der Waals surface area contributed by atoms with E-state index >= 15 is 0 Å². The molecule has 0 aliphatic rings. The summed E-state index contributed by atoms with van der Waals surface area (Å²) < 4.78 is 10.4. The number of ether oxygens (including phenoxy) is 2. The maximum Gasteiger partial charge on any atom is 0.255 e. The molecule has 0 atom stereocenters. The van der Waals surface area contributed by atoms with Crippen molar-refractivity contribution in [3.63, 3.8) is 0 Å². The van der Waals surface area contributed by atoms with Gasteiger partial charge < -0.3 is 25.4 Å². The van der Waals surface area contributed by atoms with Gasteiger partial charge in [-0.3, -0.25) is 9.59 Å². The Morgan fingerprint density at radius 2 is 1.93 bits per heavy atom. The molecule has 2 rings (SSSR count). The molecule has 0 heterocycles. The van der Waals surface area contributed by atoms with E-state index in [0.717, 1.165) is 0 Å². The van der Waals surface area contributed by atoms with E-state index in [0.29, 0.717) is 29.0 Å². The summed E-state index contributed by atoms with van der Waals surface area (Å²) in [5.41, 5.74) is 8.81. The molecule has 5 N–H and O–H groups in total. The second kappa shape index (κ2) is 9.81. The van der Waals surface area contributed by atoms with Gasteiger partial charge in [0.25, 0.3) is 5.91 Å². The van der Waals surface area contributed by atoms with Crippen LogP contribution in [0.2, 0.25) is 0 Å². The molecule has 0 radical (unpaired) electrons. The smallest absolute Gasteiger partial charge is 0.255 e. The van der Waals surface area contributed by atoms with Crippen molar-refractivity contribution in [2.75, 3.05) is 13.7 Å². The van der Waals surface area contributed by atoms with Gasteiger partial charge in [0.15, 0.2) is 29.6 Å². The van der Waals surface area contributed by atoms with Gasteiger partial charge in [-0.1, -0.05) is 6.07 Å². The van der Waals surface area contributed by atoms with Gasteiger partial charge in [-0.2, -0.15) is 5.10 Å². The maximum atomic E-state index is 11.9. The zero-order valence-electron chi connectivity index (χ0n) is 15.2. The molecule has 0 bridgehead atoms. The number of hydrogen-bond acceptors (Lipinski definition) is 7. The zero-order chi connectivity index (χ0) is 20.5. The largest absolute Gasteiger partial charge is 0.504 e. The number of hydrogen-bond donors (Lipinski definition) is 4. The Bertz CT molecular complexity index is 882. The minimum absolute atomic E-state index is 0.158. The van der Waals surface area contributed by atoms with Crippen LogP contribution in [0.4, 0.5) is 0 Å². The molecule has 0 saturated carbocycles. The predicted molar refractivity (Wildman–Crippen MR) is 102 cm³/mol. The summed E-state index contributed by atoms with van der Waals surface area (Å²) in [6.07, 6.45) is 1.98. The van der Waals surface area contributed by atoms with E-state index in [-0.39, 0.29) is 30.4 Å². The van der Waals surface area contributed by atoms with Crippen LogP contribution >= 0.6 is 0 Å². The molecule has 28 heavy (non-hydrogen) atoms. The van der Waals surface area contributed by atoms with Crippen molar-refractivity contribution in [1.82, 2.24) is 5.43 Å². The number of carbonyl (C=O) groups is 2. The monoisotopic (exact) mass is 387 g/mol. The third-order valence-electron chi connectivity index (χ3n) is 3.64. The number of amides is 2. The molecule has 0 saturated heterocycles. The number of phenolic OH excluding ortho intramolecular Hbond substituents is 2. The number of nitrogens with one attached hydrogen (secondary N) is 1. The summed E-state index contributed by atoms with van der Waals surface area (Å²) in [4.78, 5) is 22.7. The number of primary amides is 1. The van der Waals surface area contributed by atoms with Crippen LogP contribution in [0.5, 0.6) is 23.0 Å². The molecule has 148 valence electrons. The molecule has 0 aliphatic heterocycles. The van der Waals surface area contributed by atoms with Crippen molar-refractivity contribution in [1.29, 1.82) is 0 Å². The number of nitrogens with zero attached hydrogens (tertiary/aromatic N) is 1. The number of phenols is 2. The van der Waals surface area contributed by atoms with E-state index in [1.165, 1.54) is 25.5 Å². The molecule has 2 amide bonds. The second-order valence-corrected chi connectivity index (χ2v) is 5.78. The first-order valence-corrected chi connectivity index (χ1v) is 8.31. The molecule has 2 aromatic rings. The number of methoxy groups -OCH3 is 1. The van der Waals surface area contributed by atoms with Crippen LogP contribution in [-0.2, 0) is 16.0 Å². The van der Waals surface area contributed by atoms with Gasteiger partial charge in [0.05, 0.1) is 13.3 Å². The summed E-state index contributed by atoms with van der Waals surface area (Å²) in [5.74, 6) is -0.592. The fourth-order valence-corrected chi connectivity index (χ4v) is 2.25. The van der Waals surface area contributed by atoms with E-state index in [1.807, 2.05) is 0 Å². The van der Waals surface area contributed by atoms with Gasteiger partial charge >= 0.3 is 0 Å². The Labute approximate surface area is 161 Å². The Morgan fingerprint density at radius 1 is 1.14 bits per heavy atom. The molecule has 0 unspecified atom stereocenters. The van der Waals surface area contributed by atoms with Gasteiger partial charge in [0.1, 0.15) is 0 Å². The molecular weight excluding hydrogens is 366 g/mol. The summed E-state index contributed by atoms with van der Waals surface area (Å²) in [6, 6.07) is 9.30. The molecule has 9 heteroatoms. The topological polar surface area (TPSA) is 143 Å². The molecule has 0 aromatic heterocycles. The van der Waals surface area contributed by atoms with Crippen LogP contribution in [0.15, 0.2) is 41.5 Å². The average molecular weight is 387 g/mol. The third-order valence-corrected chi connectivity index (χ3v) is 3.64. The Kier molecular flexibility index (Phi) is 7.21. The quantitative estimate of drug-likeness (QED) is 0.288. The van der Waals surface area contributed by atoms with Crippen molar-refractivity contribution in [2.45, 2.75) is 12.8 Å². The first-order valence-electron chi connectivity index (χ1n) is 8.31. The van der Waals surface area contributed by atoms with E-state index in [9.17, 15) is 19.8 Å². The molecule has 2 aromatic carbocycles. The highest BCUT2D eigenvalue weighted by Crippen LogP contribution is 2.27. The predicted octanol–water partition coefficient (Wildman–Crippen LogP) is 1.05. The number of rotatable bonds is 9. The van der Waals surface area contributed by atoms with E-state index in [1.54, 1.807) is 24.3 Å². The summed E-state index contributed by atoms with van der Waals surface area (Å²) in [7, 11) is 1.45. The Morgan fingerprint density at radius 3 is 2.61 bits per heavy atom. The van der Waals surface area contributed by atoms with Crippen LogP contribution in [0, 0.1) is 0 Å². The standard InChI is InChI=1S/C19H21N3O6/c1-27-17-9-13(3-6-16(17)28-11-18(20)25)10-21-22-19(26)7-4-12-2-5-14(23)15(24)8-12/h2-3,5-6,8-10,23-24H,4,7,11H2,1H3,(H2,20,25)(H,22,26)/b21-10+. The number of hydrazone groups is 1. The minimum Gasteiger partial charge on any atom is -0.504 e. The SMILES string of the molecule is COc1cc(/C=N/NC(=O)CCc2ccc(O)c(O)c2)ccc1OCC(N)=O. The fourth-order valence-electron chi connectivity index (χ4n) is 2.25. The van der Waals surface area contributed by atoms with Crippen LogP contribution in [0.25, 0.3) is 0 Å². The molecule has 0 spiro atoms. The highest BCUT2D eigenvalue weighted by atomic mass is 16.5. The molecule has 0 aliphatic carbocycles. The average Bonchev–Trinajstić information content (AvgIpc) is 2.67. The number of aryl methyl sites for hydroxylation is 1. The number of aromatic hydroxyl groups is 2. The van der Waals surface area contributed by atoms with Gasteiger partial charge in [-0.25, -0.2) is 5.43 Å². The summed E-state index contributed by atoms with van der Waals surface area (Å²) in [5, 5.41) is 22.6. The molecule has 9 nitrogen and oxygen atoms in total. The summed E-state index contributed by atoms with van der Waals surface area (Å²) in [6.45, 7) is -0.265. The highest BCUT2D eigenvalue weighted by Gasteiger charge is 2.07. The minimum atomic E-state index is -0.599. The maximum absolute atomic E-state index is 11.9. The lowest BCUT2D eigenvalue weighted by molar-refractivity contribution is -0.121. The number of benzene rings is 2. The Balaban J connectivity index is 1.87. The van der Waals surface area contributed by atoms with Gasteiger partial charge in [-0.15, -0.1) is 0 Å². The second-order valence-electron chi connectivity index (χ2n) is 5.78. The van der Waals surface area contributed by atoms with Crippen molar-refractivity contribution in [3.8, 4) is 23.0 Å². The zero-order valence-corrected chi connectivity index (χ0v) is 15.2. The van der Waals surface area contributed by atoms with Gasteiger partial charge in [0, 0.05) is 6.42 Å². The number of carbonyl (C=O) groups excluding carboxylic acids is 2. The van der Waals surface area contributed by atoms with Crippen molar-refractivity contribution >= 4 is 18.0 Å². The van der Waals surface area contributed by atoms with Crippen LogP contribution in [0.3, 0.4) is 0 Å². The van der Waals surface area contributed by atoms with Crippen molar-refractivity contribution in [2.24, 2.45) is 10.8 Å². The third kappa shape index (κ3) is 6.20. The first kappa shape index (κ1) is 20.6. The van der Waals surface area contributed by atoms with Gasteiger partial charge in [-0.05, 0) is 47.9 Å². The molecule has 0 fully saturated rings. The van der Waals surface area contributed by atoms with Crippen LogP contribution < -0.4 is 20.6 Å². The first-order chi connectivity index (χ1) is 13.4. The Hall–Kier alpha value is -3.75. The van der Waals surface area contributed by atoms with E-state index in [4.69, 9.17) is 15.2 Å².